The van der Waals surface area contributed by atoms with Crippen molar-refractivity contribution in [3.8, 4) is 0 Å². The second kappa shape index (κ2) is 48.3. The summed E-state index contributed by atoms with van der Waals surface area (Å²) < 4.78 is 23.8. The van der Waals surface area contributed by atoms with Crippen LogP contribution >= 0.6 is 12.8 Å². The molecule has 0 bridgehead atoms. The number of carboxylic acids is 3. The van der Waals surface area contributed by atoms with E-state index in [2.05, 4.69) is 44.1 Å². The highest BCUT2D eigenvalue weighted by Crippen LogP contribution is 2.29. The van der Waals surface area contributed by atoms with Crippen LogP contribution in [0.3, 0.4) is 0 Å². The summed E-state index contributed by atoms with van der Waals surface area (Å²) in [5, 5.41) is 41.1. The van der Waals surface area contributed by atoms with Gasteiger partial charge >= 0.3 is 17.9 Å². The topological polar surface area (TPSA) is 306 Å². The fourth-order valence-electron chi connectivity index (χ4n) is 8.62. The van der Waals surface area contributed by atoms with E-state index in [1.807, 2.05) is 0 Å². The summed E-state index contributed by atoms with van der Waals surface area (Å²) in [6.07, 6.45) is 26.6. The average molecular weight is 1090 g/mol. The number of ether oxygens (including phenoxy) is 4. The normalized spacial score (nSPS) is 15.1. The number of aliphatic carboxylic acids is 3. The first-order valence-corrected chi connectivity index (χ1v) is 28.5. The minimum absolute atomic E-state index is 0.0606. The lowest BCUT2D eigenvalue weighted by Gasteiger charge is -2.28. The minimum atomic E-state index is -1.21. The first kappa shape index (κ1) is 68.9. The molecule has 1 rings (SSSR count). The molecule has 0 heterocycles. The van der Waals surface area contributed by atoms with Crippen LogP contribution in [-0.4, -0.2) is 154 Å². The number of amides is 5. The largest absolute Gasteiger partial charge is 0.481 e. The summed E-state index contributed by atoms with van der Waals surface area (Å²) in [5.74, 6) is -4.16. The quantitative estimate of drug-likeness (QED) is 0.0261. The van der Waals surface area contributed by atoms with Crippen LogP contribution in [0.2, 0.25) is 0 Å². The zero-order chi connectivity index (χ0) is 55.0. The number of unbranched alkanes of at least 4 members (excludes halogenated alkanes) is 18. The van der Waals surface area contributed by atoms with Gasteiger partial charge in [0.15, 0.2) is 0 Å². The van der Waals surface area contributed by atoms with Gasteiger partial charge in [-0.3, -0.25) is 38.3 Å². The number of rotatable bonds is 52. The van der Waals surface area contributed by atoms with E-state index in [1.165, 1.54) is 77.0 Å². The maximum Gasteiger partial charge on any atom is 0.326 e. The Morgan fingerprint density at radius 3 is 1.32 bits per heavy atom. The van der Waals surface area contributed by atoms with Crippen molar-refractivity contribution < 1.29 is 72.6 Å². The monoisotopic (exact) mass is 1090 g/mol. The highest BCUT2D eigenvalue weighted by molar-refractivity contribution is 7.78. The summed E-state index contributed by atoms with van der Waals surface area (Å²) in [6, 6.07) is -1.93. The number of thiol groups is 1. The molecule has 0 aromatic rings. The second-order valence-electron chi connectivity index (χ2n) is 19.6. The molecule has 1 fully saturated rings. The van der Waals surface area contributed by atoms with Gasteiger partial charge in [0, 0.05) is 51.4 Å². The highest BCUT2D eigenvalue weighted by Gasteiger charge is 2.30. The molecule has 21 nitrogen and oxygen atoms in total. The number of carbonyl (C=O) groups excluding carboxylic acids is 5. The van der Waals surface area contributed by atoms with Crippen LogP contribution in [0.4, 0.5) is 0 Å². The molecule has 0 aromatic heterocycles. The minimum Gasteiger partial charge on any atom is -0.481 e. The predicted molar refractivity (Wildman–Crippen MR) is 287 cm³/mol. The molecule has 0 spiro atoms. The standard InChI is InChI=1S/C53H96N6O15S/c60-46(22-17-15-13-11-9-7-5-3-1-2-4-6-8-10-12-14-16-18-23-50(64)65)57-39-42-24-26-43(27-25-42)51(66)58-44(52(67)68)28-29-47(61)55-31-33-71-35-38-74-41-49(63)56-32-34-72-36-37-73-40-48(62)54-30-20-19-21-45(59-75)53(69)70/h42-45,59,75H,1-41H2,(H,54,62)(H,55,61)(H,56,63)(H,57,60)(H,58,66)(H,64,65)(H,67,68)(H,69,70)/t42-,43-,44-,45-/m0/s1. The van der Waals surface area contributed by atoms with Gasteiger partial charge in [0.1, 0.15) is 25.3 Å². The molecule has 0 radical (unpaired) electrons. The second-order valence-corrected chi connectivity index (χ2v) is 19.9. The molecule has 0 unspecified atom stereocenters. The first-order chi connectivity index (χ1) is 36.3. The molecule has 2 atom stereocenters. The molecule has 1 aliphatic rings. The summed E-state index contributed by atoms with van der Waals surface area (Å²) >= 11 is 3.78. The molecule has 434 valence electrons. The fraction of sp³-hybridized carbons (Fsp3) is 0.849. The van der Waals surface area contributed by atoms with Crippen molar-refractivity contribution in [2.24, 2.45) is 11.8 Å². The molecule has 1 saturated carbocycles. The van der Waals surface area contributed by atoms with Crippen LogP contribution in [0.15, 0.2) is 0 Å². The first-order valence-electron chi connectivity index (χ1n) is 28.1. The fourth-order valence-corrected chi connectivity index (χ4v) is 8.86. The number of nitrogens with one attached hydrogen (secondary N) is 6. The lowest BCUT2D eigenvalue weighted by molar-refractivity contribution is -0.143. The number of hydrogen-bond acceptors (Lipinski definition) is 14. The van der Waals surface area contributed by atoms with E-state index in [-0.39, 0.29) is 120 Å². The van der Waals surface area contributed by atoms with Gasteiger partial charge in [-0.2, -0.15) is 0 Å². The molecule has 0 saturated heterocycles. The molecule has 5 amide bonds. The van der Waals surface area contributed by atoms with Crippen LogP contribution in [-0.2, 0) is 57.3 Å². The third-order valence-corrected chi connectivity index (χ3v) is 13.5. The van der Waals surface area contributed by atoms with Crippen molar-refractivity contribution in [1.29, 1.82) is 0 Å². The Morgan fingerprint density at radius 1 is 0.427 bits per heavy atom. The predicted octanol–water partition coefficient (Wildman–Crippen LogP) is 5.62. The van der Waals surface area contributed by atoms with Crippen molar-refractivity contribution in [3.05, 3.63) is 0 Å². The van der Waals surface area contributed by atoms with E-state index in [0.717, 1.165) is 51.4 Å². The molecule has 22 heteroatoms. The van der Waals surface area contributed by atoms with E-state index in [4.69, 9.17) is 29.2 Å². The van der Waals surface area contributed by atoms with Gasteiger partial charge in [-0.15, -0.1) is 0 Å². The van der Waals surface area contributed by atoms with Crippen LogP contribution in [0.1, 0.15) is 186 Å². The van der Waals surface area contributed by atoms with Gasteiger partial charge in [0.2, 0.25) is 29.5 Å². The molecule has 75 heavy (non-hydrogen) atoms. The Bertz CT molecular complexity index is 1560. The van der Waals surface area contributed by atoms with E-state index in [9.17, 15) is 43.5 Å². The lowest BCUT2D eigenvalue weighted by atomic mass is 9.81. The molecule has 1 aliphatic carbocycles. The lowest BCUT2D eigenvalue weighted by Crippen LogP contribution is -2.45. The van der Waals surface area contributed by atoms with Crippen molar-refractivity contribution in [2.45, 2.75) is 198 Å². The van der Waals surface area contributed by atoms with Crippen molar-refractivity contribution in [3.63, 3.8) is 0 Å². The Kier molecular flexibility index (Phi) is 44.4. The molecular weight excluding hydrogens is 993 g/mol. The van der Waals surface area contributed by atoms with Gasteiger partial charge in [-0.25, -0.2) is 4.79 Å². The van der Waals surface area contributed by atoms with Crippen molar-refractivity contribution in [1.82, 2.24) is 31.3 Å². The maximum atomic E-state index is 13.0. The third-order valence-electron chi connectivity index (χ3n) is 13.2. The molecule has 9 N–H and O–H groups in total. The van der Waals surface area contributed by atoms with Gasteiger partial charge < -0.3 is 60.9 Å². The van der Waals surface area contributed by atoms with Gasteiger partial charge in [-0.05, 0) is 70.1 Å². The van der Waals surface area contributed by atoms with E-state index in [1.54, 1.807) is 0 Å². The van der Waals surface area contributed by atoms with Crippen molar-refractivity contribution in [2.75, 3.05) is 79.0 Å². The summed E-state index contributed by atoms with van der Waals surface area (Å²) in [7, 11) is 0. The van der Waals surface area contributed by atoms with E-state index < -0.39 is 30.0 Å². The molecule has 0 aliphatic heterocycles. The smallest absolute Gasteiger partial charge is 0.326 e. The number of hydrogen-bond donors (Lipinski definition) is 10. The summed E-state index contributed by atoms with van der Waals surface area (Å²) in [6.45, 7) is 2.28. The van der Waals surface area contributed by atoms with Gasteiger partial charge in [0.25, 0.3) is 0 Å². The SMILES string of the molecule is O=C(O)CCCCCCCCCCCCCCCCCCCCC(=O)NC[C@H]1CC[C@H](C(=O)N[C@@H](CCC(=O)NCCOCCOCC(=O)NCCOCCOCC(=O)NCCCC[C@H](NS)C(=O)O)C(=O)O)CC1. The highest BCUT2D eigenvalue weighted by atomic mass is 32.1. The maximum absolute atomic E-state index is 13.0. The summed E-state index contributed by atoms with van der Waals surface area (Å²) in [4.78, 5) is 95.0. The number of carboxylic acid groups (broad SMARTS) is 3. The molecular formula is C53H96N6O15S. The zero-order valence-corrected chi connectivity index (χ0v) is 45.9. The van der Waals surface area contributed by atoms with E-state index in [0.29, 0.717) is 58.0 Å². The van der Waals surface area contributed by atoms with Crippen LogP contribution in [0.5, 0.6) is 0 Å². The Hall–Kier alpha value is -4.09. The summed E-state index contributed by atoms with van der Waals surface area (Å²) in [5.41, 5.74) is 0. The zero-order valence-electron chi connectivity index (χ0n) is 45.0. The Balaban J connectivity index is 1.96. The molecule has 0 aromatic carbocycles. The Morgan fingerprint density at radius 2 is 0.853 bits per heavy atom. The van der Waals surface area contributed by atoms with Crippen LogP contribution in [0.25, 0.3) is 0 Å². The van der Waals surface area contributed by atoms with Crippen LogP contribution in [0, 0.1) is 11.8 Å². The van der Waals surface area contributed by atoms with Gasteiger partial charge in [-0.1, -0.05) is 116 Å². The number of carbonyl (C=O) groups is 8. The van der Waals surface area contributed by atoms with Crippen LogP contribution < -0.4 is 31.3 Å². The third kappa shape index (κ3) is 42.7. The average Bonchev–Trinajstić information content (AvgIpc) is 3.38. The van der Waals surface area contributed by atoms with Crippen molar-refractivity contribution >= 4 is 60.3 Å². The van der Waals surface area contributed by atoms with E-state index >= 15 is 0 Å². The van der Waals surface area contributed by atoms with Gasteiger partial charge in [0.05, 0.1) is 39.6 Å². The Labute approximate surface area is 451 Å².